The van der Waals surface area contributed by atoms with Crippen LogP contribution < -0.4 is 0 Å². The van der Waals surface area contributed by atoms with Crippen LogP contribution in [0.1, 0.15) is 118 Å². The van der Waals surface area contributed by atoms with Gasteiger partial charge in [0.1, 0.15) is 0 Å². The molecule has 1 N–H and O–H groups in total. The van der Waals surface area contributed by atoms with Gasteiger partial charge in [-0.1, -0.05) is 95.9 Å². The number of carboxylic acid groups (broad SMARTS) is 1. The number of hydrogen-bond acceptors (Lipinski definition) is 3. The van der Waals surface area contributed by atoms with Gasteiger partial charge < -0.3 is 14.9 Å². The normalized spacial score (nSPS) is 12.1. The Morgan fingerprint density at radius 3 is 1.79 bits per heavy atom. The average molecular weight is 591 g/mol. The Hall–Kier alpha value is -3.36. The summed E-state index contributed by atoms with van der Waals surface area (Å²) in [5.74, 6) is -2.92. The summed E-state index contributed by atoms with van der Waals surface area (Å²) in [5, 5.41) is 9.43. The third-order valence-corrected chi connectivity index (χ3v) is 7.58. The van der Waals surface area contributed by atoms with Gasteiger partial charge in [-0.3, -0.25) is 9.59 Å². The van der Waals surface area contributed by atoms with Gasteiger partial charge in [0.05, 0.1) is 11.6 Å². The average Bonchev–Trinajstić information content (AvgIpc) is 2.97. The van der Waals surface area contributed by atoms with E-state index in [2.05, 4.69) is 6.92 Å². The van der Waals surface area contributed by atoms with Gasteiger partial charge in [-0.25, -0.2) is 4.79 Å². The van der Waals surface area contributed by atoms with Gasteiger partial charge in [-0.2, -0.15) is 13.2 Å². The molecule has 2 amide bonds. The number of aliphatic carboxylic acids is 1. The zero-order chi connectivity index (χ0) is 31.1. The van der Waals surface area contributed by atoms with E-state index in [1.807, 2.05) is 0 Å². The Morgan fingerprint density at radius 2 is 1.31 bits per heavy atom. The molecule has 2 aromatic carbocycles. The highest BCUT2D eigenvalue weighted by Gasteiger charge is 2.32. The minimum absolute atomic E-state index is 0.0758. The smallest absolute Gasteiger partial charge is 0.416 e. The van der Waals surface area contributed by atoms with Crippen molar-refractivity contribution in [3.8, 4) is 0 Å². The first kappa shape index (κ1) is 34.8. The van der Waals surface area contributed by atoms with Crippen LogP contribution in [0.5, 0.6) is 0 Å². The lowest BCUT2D eigenvalue weighted by Gasteiger charge is -2.30. The summed E-state index contributed by atoms with van der Waals surface area (Å²) in [6.45, 7) is 4.53. The molecule has 0 saturated heterocycles. The Bertz CT molecular complexity index is 1120. The third kappa shape index (κ3) is 11.1. The van der Waals surface area contributed by atoms with Gasteiger partial charge in [0.2, 0.25) is 0 Å². The molecular weight excluding hydrogens is 545 g/mol. The number of rotatable bonds is 17. The fourth-order valence-electron chi connectivity index (χ4n) is 5.08. The van der Waals surface area contributed by atoms with Crippen molar-refractivity contribution in [2.75, 3.05) is 13.6 Å². The maximum absolute atomic E-state index is 13.0. The van der Waals surface area contributed by atoms with E-state index in [-0.39, 0.29) is 12.5 Å². The Labute approximate surface area is 247 Å². The summed E-state index contributed by atoms with van der Waals surface area (Å²) in [5.41, 5.74) is 0.666. The first-order chi connectivity index (χ1) is 20.0. The second-order valence-corrected chi connectivity index (χ2v) is 10.9. The Balaban J connectivity index is 1.96. The Kier molecular flexibility index (Phi) is 14.6. The van der Waals surface area contributed by atoms with Gasteiger partial charge in [0.25, 0.3) is 5.91 Å². The maximum Gasteiger partial charge on any atom is 0.416 e. The predicted molar refractivity (Wildman–Crippen MR) is 158 cm³/mol. The Morgan fingerprint density at radius 1 is 0.786 bits per heavy atom. The van der Waals surface area contributed by atoms with Crippen LogP contribution >= 0.6 is 0 Å². The molecule has 9 heteroatoms. The molecule has 0 aromatic heterocycles. The van der Waals surface area contributed by atoms with E-state index in [1.165, 1.54) is 63.5 Å². The highest BCUT2D eigenvalue weighted by molar-refractivity contribution is 6.31. The van der Waals surface area contributed by atoms with E-state index in [1.54, 1.807) is 43.1 Å². The number of alkyl halides is 3. The van der Waals surface area contributed by atoms with Crippen LogP contribution in [0, 0.1) is 0 Å². The van der Waals surface area contributed by atoms with Gasteiger partial charge in [0.15, 0.2) is 0 Å². The number of unbranched alkanes of at least 4 members (excludes halogenated alkanes) is 9. The highest BCUT2D eigenvalue weighted by atomic mass is 19.4. The quantitative estimate of drug-likeness (QED) is 0.149. The molecule has 0 bridgehead atoms. The number of carboxylic acids is 1. The summed E-state index contributed by atoms with van der Waals surface area (Å²) in [6.07, 6.45) is 7.98. The summed E-state index contributed by atoms with van der Waals surface area (Å²) in [7, 11) is 1.77. The predicted octanol–water partition coefficient (Wildman–Crippen LogP) is 8.26. The highest BCUT2D eigenvalue weighted by Crippen LogP contribution is 2.32. The van der Waals surface area contributed by atoms with E-state index in [9.17, 15) is 32.7 Å². The van der Waals surface area contributed by atoms with Crippen LogP contribution in [0.25, 0.3) is 0 Å². The van der Waals surface area contributed by atoms with Crippen molar-refractivity contribution < 1.29 is 32.7 Å². The number of carbonyl (C=O) groups excluding carboxylic acids is 2. The lowest BCUT2D eigenvalue weighted by molar-refractivity contribution is -0.157. The molecule has 42 heavy (non-hydrogen) atoms. The van der Waals surface area contributed by atoms with Gasteiger partial charge >= 0.3 is 18.1 Å². The standard InChI is InChI=1S/C33H45F3N2O4/c1-4-6-7-8-9-10-11-12-13-14-23-37(3)30(39)27-17-15-25(16-18-27)24-38(31(40)32(41)42)29(5-2)26-19-21-28(22-20-26)33(34,35)36/h15-22,29H,4-14,23-24H2,1-3H3,(H,41,42). The summed E-state index contributed by atoms with van der Waals surface area (Å²) in [6, 6.07) is 10.3. The molecule has 0 heterocycles. The SMILES string of the molecule is CCCCCCCCCCCCN(C)C(=O)c1ccc(CN(C(=O)C(=O)O)C(CC)c2ccc(C(F)(F)F)cc2)cc1. The maximum atomic E-state index is 13.0. The van der Waals surface area contributed by atoms with E-state index in [0.717, 1.165) is 29.9 Å². The molecule has 0 aliphatic rings. The fraction of sp³-hybridized carbons (Fsp3) is 0.545. The van der Waals surface area contributed by atoms with Crippen molar-refractivity contribution in [1.29, 1.82) is 0 Å². The summed E-state index contributed by atoms with van der Waals surface area (Å²) < 4.78 is 39.0. The van der Waals surface area contributed by atoms with Crippen LogP contribution in [0.4, 0.5) is 13.2 Å². The number of amides is 2. The van der Waals surface area contributed by atoms with Crippen LogP contribution in [0.3, 0.4) is 0 Å². The first-order valence-electron chi connectivity index (χ1n) is 15.0. The number of carbonyl (C=O) groups is 3. The number of nitrogens with zero attached hydrogens (tertiary/aromatic N) is 2. The van der Waals surface area contributed by atoms with E-state index >= 15 is 0 Å². The van der Waals surface area contributed by atoms with Gasteiger partial charge in [-0.05, 0) is 48.2 Å². The second kappa shape index (κ2) is 17.6. The van der Waals surface area contributed by atoms with Crippen LogP contribution in [0.15, 0.2) is 48.5 Å². The molecule has 6 nitrogen and oxygen atoms in total. The van der Waals surface area contributed by atoms with Gasteiger partial charge in [-0.15, -0.1) is 0 Å². The lowest BCUT2D eigenvalue weighted by Crippen LogP contribution is -2.38. The van der Waals surface area contributed by atoms with Crippen molar-refractivity contribution in [3.05, 3.63) is 70.8 Å². The molecule has 232 valence electrons. The molecule has 0 radical (unpaired) electrons. The topological polar surface area (TPSA) is 77.9 Å². The third-order valence-electron chi connectivity index (χ3n) is 7.58. The fourth-order valence-corrected chi connectivity index (χ4v) is 5.08. The largest absolute Gasteiger partial charge is 0.474 e. The second-order valence-electron chi connectivity index (χ2n) is 10.9. The molecular formula is C33H45F3N2O4. The molecule has 2 aromatic rings. The van der Waals surface area contributed by atoms with E-state index < -0.39 is 29.7 Å². The van der Waals surface area contributed by atoms with E-state index in [0.29, 0.717) is 29.7 Å². The molecule has 2 rings (SSSR count). The van der Waals surface area contributed by atoms with Crippen LogP contribution in [-0.4, -0.2) is 46.3 Å². The number of halogens is 3. The minimum Gasteiger partial charge on any atom is -0.474 e. The molecule has 1 atom stereocenters. The first-order valence-corrected chi connectivity index (χ1v) is 15.0. The van der Waals surface area contributed by atoms with Gasteiger partial charge in [0, 0.05) is 25.7 Å². The van der Waals surface area contributed by atoms with E-state index in [4.69, 9.17) is 0 Å². The van der Waals surface area contributed by atoms with Crippen molar-refractivity contribution in [2.24, 2.45) is 0 Å². The van der Waals surface area contributed by atoms with Crippen molar-refractivity contribution in [2.45, 2.75) is 103 Å². The minimum atomic E-state index is -4.50. The molecule has 0 spiro atoms. The summed E-state index contributed by atoms with van der Waals surface area (Å²) in [4.78, 5) is 40.0. The summed E-state index contributed by atoms with van der Waals surface area (Å²) >= 11 is 0. The molecule has 1 unspecified atom stereocenters. The zero-order valence-corrected chi connectivity index (χ0v) is 25.1. The lowest BCUT2D eigenvalue weighted by atomic mass is 9.99. The molecule has 0 aliphatic heterocycles. The van der Waals surface area contributed by atoms with Crippen molar-refractivity contribution >= 4 is 17.8 Å². The van der Waals surface area contributed by atoms with Crippen molar-refractivity contribution in [1.82, 2.24) is 9.80 Å². The molecule has 0 fully saturated rings. The number of hydrogen-bond donors (Lipinski definition) is 1. The van der Waals surface area contributed by atoms with Crippen LogP contribution in [-0.2, 0) is 22.3 Å². The molecule has 0 saturated carbocycles. The molecule has 0 aliphatic carbocycles. The number of benzene rings is 2. The van der Waals surface area contributed by atoms with Crippen molar-refractivity contribution in [3.63, 3.8) is 0 Å². The monoisotopic (exact) mass is 590 g/mol. The van der Waals surface area contributed by atoms with Crippen LogP contribution in [0.2, 0.25) is 0 Å². The zero-order valence-electron chi connectivity index (χ0n) is 25.1.